The summed E-state index contributed by atoms with van der Waals surface area (Å²) in [5.74, 6) is -0.129. The minimum Gasteiger partial charge on any atom is -0.399 e. The Labute approximate surface area is 119 Å². The maximum Gasteiger partial charge on any atom is 0.256 e. The maximum absolute atomic E-state index is 12.1. The Morgan fingerprint density at radius 1 is 1.14 bits per heavy atom. The molecule has 0 unspecified atom stereocenters. The van der Waals surface area contributed by atoms with Crippen LogP contribution in [0, 0.1) is 0 Å². The fraction of sp³-hybridized carbons (Fsp3) is 0. The van der Waals surface area contributed by atoms with E-state index in [2.05, 4.69) is 20.7 Å². The van der Waals surface area contributed by atoms with Gasteiger partial charge in [0.25, 0.3) is 5.91 Å². The quantitative estimate of drug-likeness (QED) is 0.468. The minimum atomic E-state index is -0.129. The Hall–Kier alpha value is -3.15. The van der Waals surface area contributed by atoms with Gasteiger partial charge in [-0.05, 0) is 42.0 Å². The number of hydrogen-bond donors (Lipinski definition) is 3. The van der Waals surface area contributed by atoms with E-state index in [1.54, 1.807) is 12.1 Å². The topological polar surface area (TPSA) is 96.7 Å². The van der Waals surface area contributed by atoms with Gasteiger partial charge < -0.3 is 11.1 Å². The number of nitrogens with zero attached hydrogens (tertiary/aromatic N) is 2. The van der Waals surface area contributed by atoms with Crippen LogP contribution in [-0.4, -0.2) is 21.3 Å². The van der Waals surface area contributed by atoms with Crippen molar-refractivity contribution in [3.63, 3.8) is 0 Å². The van der Waals surface area contributed by atoms with Crippen LogP contribution >= 0.6 is 0 Å². The van der Waals surface area contributed by atoms with Gasteiger partial charge in [-0.2, -0.15) is 0 Å². The predicted octanol–water partition coefficient (Wildman–Crippen LogP) is 2.03. The van der Waals surface area contributed by atoms with Crippen LogP contribution in [0.4, 0.5) is 11.4 Å². The molecule has 0 fully saturated rings. The number of aromatic nitrogens is 3. The lowest BCUT2D eigenvalue weighted by molar-refractivity contribution is -0.110. The number of nitrogens with one attached hydrogen (secondary N) is 2. The van der Waals surface area contributed by atoms with E-state index < -0.39 is 0 Å². The molecule has 1 amide bonds. The lowest BCUT2D eigenvalue weighted by atomic mass is 10.0. The molecule has 0 saturated heterocycles. The molecule has 102 valence electrons. The highest BCUT2D eigenvalue weighted by Gasteiger charge is 2.24. The number of benzene rings is 2. The first kappa shape index (κ1) is 11.7. The number of nitrogen functional groups attached to an aromatic ring is 1. The van der Waals surface area contributed by atoms with Crippen LogP contribution in [0.15, 0.2) is 36.4 Å². The highest BCUT2D eigenvalue weighted by molar-refractivity contribution is 6.35. The molecule has 3 aromatic rings. The number of hydrogen-bond acceptors (Lipinski definition) is 4. The molecule has 1 aliphatic heterocycles. The minimum absolute atomic E-state index is 0.129. The van der Waals surface area contributed by atoms with Gasteiger partial charge in [0.2, 0.25) is 0 Å². The van der Waals surface area contributed by atoms with Gasteiger partial charge in [-0.3, -0.25) is 9.89 Å². The predicted molar refractivity (Wildman–Crippen MR) is 81.2 cm³/mol. The molecule has 2 aromatic carbocycles. The molecular formula is C15H11N5O. The van der Waals surface area contributed by atoms with Crippen LogP contribution < -0.4 is 11.1 Å². The lowest BCUT2D eigenvalue weighted by Crippen LogP contribution is -2.03. The van der Waals surface area contributed by atoms with Crippen LogP contribution in [0.5, 0.6) is 0 Å². The Kier molecular flexibility index (Phi) is 2.32. The van der Waals surface area contributed by atoms with Crippen LogP contribution in [0.25, 0.3) is 22.7 Å². The number of rotatable bonds is 1. The molecule has 6 nitrogen and oxygen atoms in total. The lowest BCUT2D eigenvalue weighted by Gasteiger charge is -2.00. The summed E-state index contributed by atoms with van der Waals surface area (Å²) in [6, 6.07) is 11.0. The van der Waals surface area contributed by atoms with Gasteiger partial charge >= 0.3 is 0 Å². The second-order valence-corrected chi connectivity index (χ2v) is 4.91. The van der Waals surface area contributed by atoms with Gasteiger partial charge in [-0.15, -0.1) is 5.10 Å². The van der Waals surface area contributed by atoms with E-state index >= 15 is 0 Å². The first-order valence-electron chi connectivity index (χ1n) is 6.44. The van der Waals surface area contributed by atoms with Crippen molar-refractivity contribution in [2.45, 2.75) is 0 Å². The molecule has 1 aliphatic rings. The summed E-state index contributed by atoms with van der Waals surface area (Å²) < 4.78 is 0. The largest absolute Gasteiger partial charge is 0.399 e. The maximum atomic E-state index is 12.1. The van der Waals surface area contributed by atoms with E-state index in [1.165, 1.54) is 0 Å². The Morgan fingerprint density at radius 3 is 2.95 bits per heavy atom. The summed E-state index contributed by atoms with van der Waals surface area (Å²) >= 11 is 0. The third-order valence-electron chi connectivity index (χ3n) is 3.49. The molecule has 21 heavy (non-hydrogen) atoms. The van der Waals surface area contributed by atoms with E-state index in [-0.39, 0.29) is 5.91 Å². The van der Waals surface area contributed by atoms with Crippen molar-refractivity contribution in [1.82, 2.24) is 15.4 Å². The summed E-state index contributed by atoms with van der Waals surface area (Å²) in [4.78, 5) is 12.1. The Morgan fingerprint density at radius 2 is 2.05 bits per heavy atom. The number of nitrogens with two attached hydrogens (primary N) is 1. The zero-order valence-electron chi connectivity index (χ0n) is 10.9. The third kappa shape index (κ3) is 1.85. The highest BCUT2D eigenvalue weighted by Crippen LogP contribution is 2.34. The number of anilines is 2. The van der Waals surface area contributed by atoms with Crippen molar-refractivity contribution in [2.24, 2.45) is 0 Å². The fourth-order valence-electron chi connectivity index (χ4n) is 2.46. The first-order chi connectivity index (χ1) is 10.2. The molecular weight excluding hydrogens is 266 g/mol. The molecule has 0 spiro atoms. The summed E-state index contributed by atoms with van der Waals surface area (Å²) in [5, 5.41) is 13.3. The summed E-state index contributed by atoms with van der Waals surface area (Å²) in [6.07, 6.45) is 1.83. The van der Waals surface area contributed by atoms with Crippen LogP contribution in [-0.2, 0) is 4.79 Å². The number of carbonyl (C=O) groups is 1. The van der Waals surface area contributed by atoms with Crippen LogP contribution in [0.3, 0.4) is 0 Å². The molecule has 1 aromatic heterocycles. The molecule has 4 N–H and O–H groups in total. The Bertz CT molecular complexity index is 909. The van der Waals surface area contributed by atoms with Crippen molar-refractivity contribution in [2.75, 3.05) is 11.1 Å². The molecule has 0 radical (unpaired) electrons. The average Bonchev–Trinajstić information content (AvgIpc) is 3.04. The average molecular weight is 277 g/mol. The second kappa shape index (κ2) is 4.17. The third-order valence-corrected chi connectivity index (χ3v) is 3.49. The summed E-state index contributed by atoms with van der Waals surface area (Å²) in [5.41, 5.74) is 11.1. The standard InChI is InChI=1S/C15H11N5O/c16-9-2-4-12-10(7-9)11(15(21)17-12)5-8-1-3-13-14(6-8)19-20-18-13/h1-7H,16H2,(H,17,21)(H,18,19,20). The van der Waals surface area contributed by atoms with Crippen molar-refractivity contribution in [3.05, 3.63) is 47.5 Å². The normalized spacial score (nSPS) is 15.4. The summed E-state index contributed by atoms with van der Waals surface area (Å²) in [7, 11) is 0. The molecule has 2 heterocycles. The Balaban J connectivity index is 1.85. The van der Waals surface area contributed by atoms with Gasteiger partial charge in [0.1, 0.15) is 5.52 Å². The van der Waals surface area contributed by atoms with E-state index in [1.807, 2.05) is 30.3 Å². The zero-order valence-corrected chi connectivity index (χ0v) is 10.9. The summed E-state index contributed by atoms with van der Waals surface area (Å²) in [6.45, 7) is 0. The smallest absolute Gasteiger partial charge is 0.256 e. The van der Waals surface area contributed by atoms with Gasteiger partial charge in [-0.25, -0.2) is 0 Å². The van der Waals surface area contributed by atoms with E-state index in [9.17, 15) is 4.79 Å². The first-order valence-corrected chi connectivity index (χ1v) is 6.44. The fourth-order valence-corrected chi connectivity index (χ4v) is 2.46. The van der Waals surface area contributed by atoms with Crippen molar-refractivity contribution >= 4 is 40.0 Å². The number of amides is 1. The van der Waals surface area contributed by atoms with Crippen molar-refractivity contribution in [3.8, 4) is 0 Å². The monoisotopic (exact) mass is 277 g/mol. The molecule has 0 saturated carbocycles. The molecule has 0 bridgehead atoms. The molecule has 0 atom stereocenters. The number of carbonyl (C=O) groups excluding carboxylic acids is 1. The number of H-pyrrole nitrogens is 1. The van der Waals surface area contributed by atoms with Crippen molar-refractivity contribution in [1.29, 1.82) is 0 Å². The van der Waals surface area contributed by atoms with Gasteiger partial charge in [0.15, 0.2) is 0 Å². The van der Waals surface area contributed by atoms with E-state index in [4.69, 9.17) is 5.73 Å². The van der Waals surface area contributed by atoms with E-state index in [0.717, 1.165) is 27.8 Å². The van der Waals surface area contributed by atoms with Gasteiger partial charge in [0.05, 0.1) is 5.52 Å². The van der Waals surface area contributed by atoms with Crippen LogP contribution in [0.1, 0.15) is 11.1 Å². The number of fused-ring (bicyclic) bond motifs is 2. The van der Waals surface area contributed by atoms with Gasteiger partial charge in [-0.1, -0.05) is 11.3 Å². The molecule has 4 rings (SSSR count). The van der Waals surface area contributed by atoms with Crippen LogP contribution in [0.2, 0.25) is 0 Å². The van der Waals surface area contributed by atoms with Crippen molar-refractivity contribution < 1.29 is 4.79 Å². The highest BCUT2D eigenvalue weighted by atomic mass is 16.2. The molecule has 0 aliphatic carbocycles. The number of aromatic amines is 1. The molecule has 6 heteroatoms. The zero-order chi connectivity index (χ0) is 14.4. The SMILES string of the molecule is Nc1ccc2c(c1)C(=Cc1ccc3[nH]nnc3c1)C(=O)N2. The van der Waals surface area contributed by atoms with Gasteiger partial charge in [0, 0.05) is 22.5 Å². The second-order valence-electron chi connectivity index (χ2n) is 4.91. The van der Waals surface area contributed by atoms with E-state index in [0.29, 0.717) is 11.3 Å².